The number of nitrogen functional groups attached to an aromatic ring is 1. The Morgan fingerprint density at radius 3 is 2.71 bits per heavy atom. The molecule has 0 saturated carbocycles. The Labute approximate surface area is 102 Å². The smallest absolute Gasteiger partial charge is 0.141 e. The molecule has 0 aliphatic rings. The van der Waals surface area contributed by atoms with Gasteiger partial charge in [0.05, 0.1) is 0 Å². The van der Waals surface area contributed by atoms with Gasteiger partial charge in [-0.1, -0.05) is 23.9 Å². The van der Waals surface area contributed by atoms with Gasteiger partial charge in [0, 0.05) is 4.90 Å². The van der Waals surface area contributed by atoms with Crippen LogP contribution < -0.4 is 5.73 Å². The molecular formula is C12H10FN3S. The van der Waals surface area contributed by atoms with Crippen molar-refractivity contribution in [3.8, 4) is 0 Å². The van der Waals surface area contributed by atoms with E-state index in [4.69, 9.17) is 11.1 Å². The van der Waals surface area contributed by atoms with Crippen LogP contribution >= 0.6 is 11.8 Å². The van der Waals surface area contributed by atoms with Gasteiger partial charge in [-0.15, -0.1) is 0 Å². The van der Waals surface area contributed by atoms with Crippen LogP contribution in [0.3, 0.4) is 0 Å². The summed E-state index contributed by atoms with van der Waals surface area (Å²) in [7, 11) is 0. The summed E-state index contributed by atoms with van der Waals surface area (Å²) in [5.74, 6) is -0.357. The van der Waals surface area contributed by atoms with E-state index in [-0.39, 0.29) is 11.7 Å². The highest BCUT2D eigenvalue weighted by molar-refractivity contribution is 7.99. The Morgan fingerprint density at radius 1 is 1.24 bits per heavy atom. The molecule has 0 radical (unpaired) electrons. The number of benzene rings is 1. The van der Waals surface area contributed by atoms with Crippen LogP contribution in [0.25, 0.3) is 0 Å². The van der Waals surface area contributed by atoms with Crippen molar-refractivity contribution >= 4 is 17.6 Å². The third kappa shape index (κ3) is 3.04. The van der Waals surface area contributed by atoms with Crippen LogP contribution in [0.15, 0.2) is 52.4 Å². The van der Waals surface area contributed by atoms with E-state index in [1.54, 1.807) is 30.3 Å². The van der Waals surface area contributed by atoms with Gasteiger partial charge in [-0.25, -0.2) is 9.37 Å². The van der Waals surface area contributed by atoms with Gasteiger partial charge in [0.1, 0.15) is 22.4 Å². The molecule has 2 rings (SSSR count). The van der Waals surface area contributed by atoms with Gasteiger partial charge >= 0.3 is 0 Å². The second kappa shape index (κ2) is 4.97. The SMILES string of the molecule is N=C(N)c1cccc(Sc2cccc(F)c2)n1. The van der Waals surface area contributed by atoms with Crippen molar-refractivity contribution in [2.75, 3.05) is 0 Å². The highest BCUT2D eigenvalue weighted by Gasteiger charge is 2.03. The zero-order valence-electron chi connectivity index (χ0n) is 8.85. The zero-order valence-corrected chi connectivity index (χ0v) is 9.67. The Morgan fingerprint density at radius 2 is 2.00 bits per heavy atom. The molecule has 0 atom stereocenters. The zero-order chi connectivity index (χ0) is 12.3. The normalized spacial score (nSPS) is 10.2. The first kappa shape index (κ1) is 11.6. The molecule has 0 fully saturated rings. The summed E-state index contributed by atoms with van der Waals surface area (Å²) in [5, 5.41) is 7.98. The lowest BCUT2D eigenvalue weighted by atomic mass is 10.3. The lowest BCUT2D eigenvalue weighted by Gasteiger charge is -2.03. The van der Waals surface area contributed by atoms with E-state index < -0.39 is 0 Å². The van der Waals surface area contributed by atoms with E-state index in [9.17, 15) is 4.39 Å². The molecule has 17 heavy (non-hydrogen) atoms. The summed E-state index contributed by atoms with van der Waals surface area (Å²) >= 11 is 1.33. The van der Waals surface area contributed by atoms with Gasteiger partial charge < -0.3 is 5.73 Å². The number of nitrogens with two attached hydrogens (primary N) is 1. The van der Waals surface area contributed by atoms with Crippen LogP contribution in [0, 0.1) is 11.2 Å². The first-order valence-corrected chi connectivity index (χ1v) is 5.71. The number of aromatic nitrogens is 1. The lowest BCUT2D eigenvalue weighted by molar-refractivity contribution is 0.624. The molecular weight excluding hydrogens is 237 g/mol. The van der Waals surface area contributed by atoms with Crippen LogP contribution in [0.2, 0.25) is 0 Å². The summed E-state index contributed by atoms with van der Waals surface area (Å²) in [6, 6.07) is 11.5. The first-order chi connectivity index (χ1) is 8.15. The minimum Gasteiger partial charge on any atom is -0.382 e. The third-order valence-corrected chi connectivity index (χ3v) is 2.94. The minimum atomic E-state index is -0.280. The van der Waals surface area contributed by atoms with E-state index in [2.05, 4.69) is 4.98 Å². The molecule has 1 heterocycles. The highest BCUT2D eigenvalue weighted by atomic mass is 32.2. The van der Waals surface area contributed by atoms with Crippen molar-refractivity contribution in [1.82, 2.24) is 4.98 Å². The topological polar surface area (TPSA) is 62.8 Å². The van der Waals surface area contributed by atoms with Crippen LogP contribution in [0.4, 0.5) is 4.39 Å². The predicted molar refractivity (Wildman–Crippen MR) is 65.8 cm³/mol. The molecule has 0 spiro atoms. The second-order valence-corrected chi connectivity index (χ2v) is 4.43. The molecule has 0 bridgehead atoms. The van der Waals surface area contributed by atoms with Crippen LogP contribution in [0.5, 0.6) is 0 Å². The number of nitrogens with one attached hydrogen (secondary N) is 1. The van der Waals surface area contributed by atoms with E-state index in [0.29, 0.717) is 10.7 Å². The molecule has 0 aliphatic carbocycles. The van der Waals surface area contributed by atoms with Gasteiger partial charge in [0.25, 0.3) is 0 Å². The number of rotatable bonds is 3. The maximum Gasteiger partial charge on any atom is 0.141 e. The second-order valence-electron chi connectivity index (χ2n) is 3.33. The predicted octanol–water partition coefficient (Wildman–Crippen LogP) is 2.66. The number of pyridine rings is 1. The first-order valence-electron chi connectivity index (χ1n) is 4.90. The average molecular weight is 247 g/mol. The fraction of sp³-hybridized carbons (Fsp3) is 0. The van der Waals surface area contributed by atoms with Gasteiger partial charge in [-0.2, -0.15) is 0 Å². The molecule has 0 unspecified atom stereocenters. The summed E-state index contributed by atoms with van der Waals surface area (Å²) < 4.78 is 13.0. The van der Waals surface area contributed by atoms with Crippen molar-refractivity contribution in [1.29, 1.82) is 5.41 Å². The number of amidine groups is 1. The highest BCUT2D eigenvalue weighted by Crippen LogP contribution is 2.26. The van der Waals surface area contributed by atoms with E-state index in [0.717, 1.165) is 4.90 Å². The van der Waals surface area contributed by atoms with Crippen molar-refractivity contribution in [2.24, 2.45) is 5.73 Å². The molecule has 3 N–H and O–H groups in total. The van der Waals surface area contributed by atoms with E-state index >= 15 is 0 Å². The van der Waals surface area contributed by atoms with Gasteiger partial charge in [-0.3, -0.25) is 5.41 Å². The van der Waals surface area contributed by atoms with E-state index in [1.165, 1.54) is 23.9 Å². The molecule has 86 valence electrons. The minimum absolute atomic E-state index is 0.0771. The van der Waals surface area contributed by atoms with Crippen molar-refractivity contribution < 1.29 is 4.39 Å². The molecule has 2 aromatic rings. The fourth-order valence-corrected chi connectivity index (χ4v) is 2.12. The standard InChI is InChI=1S/C12H10FN3S/c13-8-3-1-4-9(7-8)17-11-6-2-5-10(16-11)12(14)15/h1-7H,(H3,14,15). The monoisotopic (exact) mass is 247 g/mol. The Balaban J connectivity index is 2.24. The molecule has 0 amide bonds. The maximum absolute atomic E-state index is 13.0. The van der Waals surface area contributed by atoms with Crippen LogP contribution in [0.1, 0.15) is 5.69 Å². The quantitative estimate of drug-likeness (QED) is 0.647. The number of hydrogen-bond donors (Lipinski definition) is 2. The van der Waals surface area contributed by atoms with Crippen LogP contribution in [-0.2, 0) is 0 Å². The lowest BCUT2D eigenvalue weighted by Crippen LogP contribution is -2.12. The summed E-state index contributed by atoms with van der Waals surface area (Å²) in [6.45, 7) is 0. The van der Waals surface area contributed by atoms with Crippen molar-refractivity contribution in [2.45, 2.75) is 9.92 Å². The molecule has 0 aliphatic heterocycles. The molecule has 1 aromatic heterocycles. The number of nitrogens with zero attached hydrogens (tertiary/aromatic N) is 1. The Kier molecular flexibility index (Phi) is 3.39. The van der Waals surface area contributed by atoms with Gasteiger partial charge in [0.2, 0.25) is 0 Å². The summed E-state index contributed by atoms with van der Waals surface area (Å²) in [5.41, 5.74) is 5.77. The molecule has 0 saturated heterocycles. The summed E-state index contributed by atoms with van der Waals surface area (Å²) in [4.78, 5) is 4.95. The fourth-order valence-electron chi connectivity index (χ4n) is 1.27. The molecule has 3 nitrogen and oxygen atoms in total. The number of halogens is 1. The van der Waals surface area contributed by atoms with Crippen molar-refractivity contribution in [3.05, 3.63) is 54.0 Å². The Bertz CT molecular complexity index is 557. The van der Waals surface area contributed by atoms with Crippen LogP contribution in [-0.4, -0.2) is 10.8 Å². The van der Waals surface area contributed by atoms with Gasteiger partial charge in [0.15, 0.2) is 0 Å². The van der Waals surface area contributed by atoms with Crippen molar-refractivity contribution in [3.63, 3.8) is 0 Å². The molecule has 5 heteroatoms. The summed E-state index contributed by atoms with van der Waals surface area (Å²) in [6.07, 6.45) is 0. The third-order valence-electron chi connectivity index (χ3n) is 2.02. The Hall–Kier alpha value is -1.88. The largest absolute Gasteiger partial charge is 0.382 e. The van der Waals surface area contributed by atoms with E-state index in [1.807, 2.05) is 0 Å². The number of hydrogen-bond acceptors (Lipinski definition) is 3. The maximum atomic E-state index is 13.0. The average Bonchev–Trinajstić information content (AvgIpc) is 2.29. The van der Waals surface area contributed by atoms with Gasteiger partial charge in [-0.05, 0) is 30.3 Å². The molecule has 1 aromatic carbocycles.